The molecule has 0 radical (unpaired) electrons. The summed E-state index contributed by atoms with van der Waals surface area (Å²) in [6.07, 6.45) is 0.819. The zero-order valence-electron chi connectivity index (χ0n) is 11.7. The highest BCUT2D eigenvalue weighted by Gasteiger charge is 2.32. The van der Waals surface area contributed by atoms with Gasteiger partial charge in [0.2, 0.25) is 17.7 Å². The molecule has 1 saturated heterocycles. The molecule has 20 heavy (non-hydrogen) atoms. The predicted octanol–water partition coefficient (Wildman–Crippen LogP) is -2.19. The van der Waals surface area contributed by atoms with E-state index in [0.717, 1.165) is 6.42 Å². The lowest BCUT2D eigenvalue weighted by Crippen LogP contribution is -2.57. The minimum Gasteiger partial charge on any atom is -0.377 e. The van der Waals surface area contributed by atoms with Crippen molar-refractivity contribution in [1.82, 2.24) is 15.5 Å². The second-order valence-electron chi connectivity index (χ2n) is 4.45. The molecule has 0 saturated carbocycles. The van der Waals surface area contributed by atoms with Crippen molar-refractivity contribution >= 4 is 17.7 Å². The van der Waals surface area contributed by atoms with Crippen molar-refractivity contribution in [1.29, 1.82) is 0 Å². The highest BCUT2D eigenvalue weighted by molar-refractivity contribution is 5.90. The SMILES string of the molecule is CCCNC(=O)C1COCCN1C(=O)CNC(=O)CN. The van der Waals surface area contributed by atoms with Gasteiger partial charge < -0.3 is 26.0 Å². The van der Waals surface area contributed by atoms with Gasteiger partial charge in [0.15, 0.2) is 0 Å². The van der Waals surface area contributed by atoms with Gasteiger partial charge in [-0.2, -0.15) is 0 Å². The Hall–Kier alpha value is -1.67. The maximum absolute atomic E-state index is 12.0. The number of carbonyl (C=O) groups excluding carboxylic acids is 3. The van der Waals surface area contributed by atoms with Crippen LogP contribution in [0.25, 0.3) is 0 Å². The Morgan fingerprint density at radius 2 is 2.10 bits per heavy atom. The van der Waals surface area contributed by atoms with Crippen LogP contribution in [0.2, 0.25) is 0 Å². The first-order valence-electron chi connectivity index (χ1n) is 6.71. The minimum absolute atomic E-state index is 0.159. The lowest BCUT2D eigenvalue weighted by Gasteiger charge is -2.34. The Morgan fingerprint density at radius 3 is 2.75 bits per heavy atom. The van der Waals surface area contributed by atoms with Gasteiger partial charge in [-0.3, -0.25) is 14.4 Å². The third kappa shape index (κ3) is 4.78. The first-order chi connectivity index (χ1) is 9.60. The standard InChI is InChI=1S/C12H22N4O4/c1-2-3-14-12(19)9-8-20-5-4-16(9)11(18)7-15-10(17)6-13/h9H,2-8,13H2,1H3,(H,14,19)(H,15,17). The summed E-state index contributed by atoms with van der Waals surface area (Å²) in [6.45, 7) is 3.07. The Morgan fingerprint density at radius 1 is 1.35 bits per heavy atom. The molecular formula is C12H22N4O4. The van der Waals surface area contributed by atoms with Gasteiger partial charge in [-0.25, -0.2) is 0 Å². The van der Waals surface area contributed by atoms with E-state index in [1.807, 2.05) is 6.92 Å². The van der Waals surface area contributed by atoms with Crippen LogP contribution in [0.1, 0.15) is 13.3 Å². The molecule has 1 atom stereocenters. The average molecular weight is 286 g/mol. The number of nitrogens with two attached hydrogens (primary N) is 1. The van der Waals surface area contributed by atoms with Gasteiger partial charge in [0, 0.05) is 13.1 Å². The number of morpholine rings is 1. The van der Waals surface area contributed by atoms with Crippen molar-refractivity contribution < 1.29 is 19.1 Å². The highest BCUT2D eigenvalue weighted by Crippen LogP contribution is 2.07. The molecule has 0 bridgehead atoms. The largest absolute Gasteiger partial charge is 0.377 e. The Labute approximate surface area is 118 Å². The molecule has 114 valence electrons. The van der Waals surface area contributed by atoms with Gasteiger partial charge in [0.25, 0.3) is 0 Å². The summed E-state index contributed by atoms with van der Waals surface area (Å²) in [7, 11) is 0. The third-order valence-corrected chi connectivity index (χ3v) is 2.92. The van der Waals surface area contributed by atoms with Crippen LogP contribution in [-0.2, 0) is 19.1 Å². The van der Waals surface area contributed by atoms with Crippen molar-refractivity contribution in [2.75, 3.05) is 39.4 Å². The van der Waals surface area contributed by atoms with Crippen LogP contribution >= 0.6 is 0 Å². The predicted molar refractivity (Wildman–Crippen MR) is 71.7 cm³/mol. The van der Waals surface area contributed by atoms with Crippen LogP contribution < -0.4 is 16.4 Å². The maximum Gasteiger partial charge on any atom is 0.245 e. The molecular weight excluding hydrogens is 264 g/mol. The summed E-state index contributed by atoms with van der Waals surface area (Å²) in [5.74, 6) is -0.949. The van der Waals surface area contributed by atoms with E-state index in [2.05, 4.69) is 10.6 Å². The summed E-state index contributed by atoms with van der Waals surface area (Å²) in [5, 5.41) is 5.15. The lowest BCUT2D eigenvalue weighted by atomic mass is 10.2. The van der Waals surface area contributed by atoms with Crippen molar-refractivity contribution in [3.8, 4) is 0 Å². The van der Waals surface area contributed by atoms with Crippen molar-refractivity contribution in [2.45, 2.75) is 19.4 Å². The van der Waals surface area contributed by atoms with E-state index in [0.29, 0.717) is 19.7 Å². The van der Waals surface area contributed by atoms with Gasteiger partial charge in [-0.15, -0.1) is 0 Å². The van der Waals surface area contributed by atoms with E-state index in [-0.39, 0.29) is 31.5 Å². The van der Waals surface area contributed by atoms with E-state index in [1.165, 1.54) is 4.90 Å². The van der Waals surface area contributed by atoms with E-state index in [4.69, 9.17) is 10.5 Å². The number of nitrogens with zero attached hydrogens (tertiary/aromatic N) is 1. The van der Waals surface area contributed by atoms with Crippen LogP contribution in [0, 0.1) is 0 Å². The molecule has 0 aromatic heterocycles. The number of hydrogen-bond acceptors (Lipinski definition) is 5. The smallest absolute Gasteiger partial charge is 0.245 e. The summed E-state index contributed by atoms with van der Waals surface area (Å²) < 4.78 is 5.25. The molecule has 1 rings (SSSR count). The quantitative estimate of drug-likeness (QED) is 0.513. The van der Waals surface area contributed by atoms with E-state index < -0.39 is 11.9 Å². The van der Waals surface area contributed by atoms with E-state index in [9.17, 15) is 14.4 Å². The number of ether oxygens (including phenoxy) is 1. The molecule has 1 aliphatic rings. The van der Waals surface area contributed by atoms with E-state index in [1.54, 1.807) is 0 Å². The van der Waals surface area contributed by atoms with Gasteiger partial charge in [0.05, 0.1) is 26.3 Å². The monoisotopic (exact) mass is 286 g/mol. The van der Waals surface area contributed by atoms with Crippen LogP contribution in [-0.4, -0.2) is 68.1 Å². The van der Waals surface area contributed by atoms with Gasteiger partial charge >= 0.3 is 0 Å². The fourth-order valence-electron chi connectivity index (χ4n) is 1.83. The molecule has 1 aliphatic heterocycles. The second kappa shape index (κ2) is 8.49. The average Bonchev–Trinajstić information content (AvgIpc) is 2.49. The van der Waals surface area contributed by atoms with Gasteiger partial charge in [0.1, 0.15) is 6.04 Å². The second-order valence-corrected chi connectivity index (χ2v) is 4.45. The normalized spacial score (nSPS) is 18.5. The Kier molecular flexibility index (Phi) is 6.96. The van der Waals surface area contributed by atoms with E-state index >= 15 is 0 Å². The Balaban J connectivity index is 2.56. The minimum atomic E-state index is -0.641. The number of rotatable bonds is 6. The number of amides is 3. The van der Waals surface area contributed by atoms with Crippen molar-refractivity contribution in [3.05, 3.63) is 0 Å². The fraction of sp³-hybridized carbons (Fsp3) is 0.750. The van der Waals surface area contributed by atoms with Crippen LogP contribution in [0.15, 0.2) is 0 Å². The molecule has 0 aliphatic carbocycles. The summed E-state index contributed by atoms with van der Waals surface area (Å²) in [6, 6.07) is -0.641. The molecule has 1 unspecified atom stereocenters. The molecule has 8 heteroatoms. The first kappa shape index (κ1) is 16.4. The molecule has 1 fully saturated rings. The zero-order chi connectivity index (χ0) is 15.0. The molecule has 8 nitrogen and oxygen atoms in total. The fourth-order valence-corrected chi connectivity index (χ4v) is 1.83. The highest BCUT2D eigenvalue weighted by atomic mass is 16.5. The number of hydrogen-bond donors (Lipinski definition) is 3. The molecule has 3 amide bonds. The summed E-state index contributed by atoms with van der Waals surface area (Å²) in [5.41, 5.74) is 5.15. The molecule has 0 spiro atoms. The summed E-state index contributed by atoms with van der Waals surface area (Å²) in [4.78, 5) is 36.5. The molecule has 4 N–H and O–H groups in total. The summed E-state index contributed by atoms with van der Waals surface area (Å²) >= 11 is 0. The molecule has 0 aromatic rings. The number of carbonyl (C=O) groups is 3. The van der Waals surface area contributed by atoms with Crippen LogP contribution in [0.5, 0.6) is 0 Å². The van der Waals surface area contributed by atoms with Crippen LogP contribution in [0.3, 0.4) is 0 Å². The molecule has 0 aromatic carbocycles. The number of nitrogens with one attached hydrogen (secondary N) is 2. The van der Waals surface area contributed by atoms with Crippen molar-refractivity contribution in [3.63, 3.8) is 0 Å². The first-order valence-corrected chi connectivity index (χ1v) is 6.71. The topological polar surface area (TPSA) is 114 Å². The lowest BCUT2D eigenvalue weighted by molar-refractivity contribution is -0.148. The zero-order valence-corrected chi connectivity index (χ0v) is 11.7. The van der Waals surface area contributed by atoms with Gasteiger partial charge in [-0.05, 0) is 6.42 Å². The Bertz CT molecular complexity index is 361. The third-order valence-electron chi connectivity index (χ3n) is 2.92. The molecule has 1 heterocycles. The van der Waals surface area contributed by atoms with Crippen LogP contribution in [0.4, 0.5) is 0 Å². The van der Waals surface area contributed by atoms with Crippen molar-refractivity contribution in [2.24, 2.45) is 5.73 Å². The van der Waals surface area contributed by atoms with Gasteiger partial charge in [-0.1, -0.05) is 6.92 Å². The maximum atomic E-state index is 12.0.